The Hall–Kier alpha value is -2.21. The highest BCUT2D eigenvalue weighted by Gasteiger charge is 2.30. The van der Waals surface area contributed by atoms with Crippen LogP contribution in [0.4, 0.5) is 10.1 Å². The molecule has 6 heteroatoms. The van der Waals surface area contributed by atoms with Crippen molar-refractivity contribution in [3.8, 4) is 0 Å². The van der Waals surface area contributed by atoms with Gasteiger partial charge in [-0.3, -0.25) is 4.79 Å². The summed E-state index contributed by atoms with van der Waals surface area (Å²) in [5, 5.41) is 0. The minimum absolute atomic E-state index is 0.0632. The lowest BCUT2D eigenvalue weighted by molar-refractivity contribution is -0.118. The summed E-state index contributed by atoms with van der Waals surface area (Å²) in [6, 6.07) is 12.6. The number of sulfone groups is 1. The maximum absolute atomic E-state index is 12.9. The molecule has 3 rings (SSSR count). The molecule has 1 heterocycles. The van der Waals surface area contributed by atoms with E-state index in [9.17, 15) is 17.6 Å². The van der Waals surface area contributed by atoms with Crippen molar-refractivity contribution in [2.45, 2.75) is 17.7 Å². The van der Waals surface area contributed by atoms with Gasteiger partial charge in [0.1, 0.15) is 5.82 Å². The van der Waals surface area contributed by atoms with Gasteiger partial charge in [-0.05, 0) is 36.2 Å². The van der Waals surface area contributed by atoms with Gasteiger partial charge in [-0.2, -0.15) is 0 Å². The molecule has 0 spiro atoms. The predicted molar refractivity (Wildman–Crippen MR) is 85.6 cm³/mol. The number of anilines is 1. The first-order chi connectivity index (χ1) is 11.0. The molecule has 2 aromatic carbocycles. The zero-order valence-electron chi connectivity index (χ0n) is 12.4. The Kier molecular flexibility index (Phi) is 4.17. The lowest BCUT2D eigenvalue weighted by atomic mass is 10.1. The van der Waals surface area contributed by atoms with Crippen molar-refractivity contribution >= 4 is 21.4 Å². The Morgan fingerprint density at radius 1 is 1.09 bits per heavy atom. The summed E-state index contributed by atoms with van der Waals surface area (Å²) >= 11 is 0. The van der Waals surface area contributed by atoms with Gasteiger partial charge in [0.05, 0.1) is 16.3 Å². The molecule has 0 N–H and O–H groups in total. The minimum atomic E-state index is -3.32. The zero-order chi connectivity index (χ0) is 16.4. The highest BCUT2D eigenvalue weighted by atomic mass is 32.2. The summed E-state index contributed by atoms with van der Waals surface area (Å²) in [5.41, 5.74) is 1.32. The summed E-state index contributed by atoms with van der Waals surface area (Å²) in [6.45, 7) is 0.168. The number of para-hydroxylation sites is 1. The molecule has 120 valence electrons. The predicted octanol–water partition coefficient (Wildman–Crippen LogP) is 2.58. The van der Waals surface area contributed by atoms with Crippen LogP contribution in [0, 0.1) is 5.82 Å². The second kappa shape index (κ2) is 6.12. The summed E-state index contributed by atoms with van der Waals surface area (Å²) in [5.74, 6) is -0.501. The third-order valence-corrected chi connectivity index (χ3v) is 5.65. The molecule has 1 aliphatic heterocycles. The Balaban J connectivity index is 1.77. The van der Waals surface area contributed by atoms with Crippen LogP contribution >= 0.6 is 0 Å². The smallest absolute Gasteiger partial charge is 0.227 e. The maximum Gasteiger partial charge on any atom is 0.227 e. The Labute approximate surface area is 134 Å². The quantitative estimate of drug-likeness (QED) is 0.867. The van der Waals surface area contributed by atoms with Gasteiger partial charge in [-0.25, -0.2) is 12.8 Å². The number of carbonyl (C=O) groups excluding carboxylic acids is 1. The molecule has 1 amide bonds. The van der Waals surface area contributed by atoms with E-state index in [2.05, 4.69) is 0 Å². The van der Waals surface area contributed by atoms with E-state index in [0.29, 0.717) is 12.1 Å². The van der Waals surface area contributed by atoms with Gasteiger partial charge in [0.25, 0.3) is 0 Å². The molecule has 4 nitrogen and oxygen atoms in total. The van der Waals surface area contributed by atoms with Crippen molar-refractivity contribution in [3.05, 3.63) is 59.9 Å². The molecule has 0 saturated heterocycles. The molecule has 0 aromatic heterocycles. The maximum atomic E-state index is 12.9. The van der Waals surface area contributed by atoms with Crippen LogP contribution in [0.3, 0.4) is 0 Å². The Morgan fingerprint density at radius 3 is 2.52 bits per heavy atom. The van der Waals surface area contributed by atoms with E-state index in [0.717, 1.165) is 5.56 Å². The van der Waals surface area contributed by atoms with E-state index < -0.39 is 9.84 Å². The van der Waals surface area contributed by atoms with Gasteiger partial charge in [0, 0.05) is 13.0 Å². The number of carbonyl (C=O) groups is 1. The fourth-order valence-electron chi connectivity index (χ4n) is 2.68. The second-order valence-electron chi connectivity index (χ2n) is 5.46. The Bertz CT molecular complexity index is 831. The van der Waals surface area contributed by atoms with Crippen LogP contribution in [0.15, 0.2) is 53.4 Å². The molecule has 0 atom stereocenters. The van der Waals surface area contributed by atoms with Gasteiger partial charge in [-0.1, -0.05) is 24.3 Å². The third-order valence-electron chi connectivity index (χ3n) is 3.92. The number of amides is 1. The molecule has 0 fully saturated rings. The highest BCUT2D eigenvalue weighted by molar-refractivity contribution is 7.91. The van der Waals surface area contributed by atoms with E-state index in [4.69, 9.17) is 0 Å². The standard InChI is InChI=1S/C17H16FNO3S/c18-14-8-5-13(6-9-14)7-10-17(20)19-11-12-23(21,22)16-4-2-1-3-15(16)19/h1-6,8-9H,7,10-12H2. The first kappa shape index (κ1) is 15.7. The molecular weight excluding hydrogens is 317 g/mol. The Morgan fingerprint density at radius 2 is 1.78 bits per heavy atom. The minimum Gasteiger partial charge on any atom is -0.310 e. The van der Waals surface area contributed by atoms with Crippen LogP contribution in [0.1, 0.15) is 12.0 Å². The van der Waals surface area contributed by atoms with E-state index in [1.165, 1.54) is 23.1 Å². The molecule has 2 aromatic rings. The van der Waals surface area contributed by atoms with E-state index in [1.54, 1.807) is 30.3 Å². The molecule has 0 unspecified atom stereocenters. The number of halogens is 1. The summed E-state index contributed by atoms with van der Waals surface area (Å²) in [4.78, 5) is 14.2. The van der Waals surface area contributed by atoms with Gasteiger partial charge < -0.3 is 4.90 Å². The lowest BCUT2D eigenvalue weighted by Gasteiger charge is -2.29. The van der Waals surface area contributed by atoms with Crippen LogP contribution in [0.2, 0.25) is 0 Å². The molecule has 23 heavy (non-hydrogen) atoms. The van der Waals surface area contributed by atoms with Gasteiger partial charge in [0.15, 0.2) is 9.84 Å². The van der Waals surface area contributed by atoms with Gasteiger partial charge in [0.2, 0.25) is 5.91 Å². The monoisotopic (exact) mass is 333 g/mol. The number of nitrogens with zero attached hydrogens (tertiary/aromatic N) is 1. The average Bonchev–Trinajstić information content (AvgIpc) is 2.54. The number of hydrogen-bond acceptors (Lipinski definition) is 3. The fraction of sp³-hybridized carbons (Fsp3) is 0.235. The van der Waals surface area contributed by atoms with Gasteiger partial charge >= 0.3 is 0 Å². The summed E-state index contributed by atoms with van der Waals surface area (Å²) < 4.78 is 37.0. The number of aryl methyl sites for hydroxylation is 1. The van der Waals surface area contributed by atoms with E-state index in [1.807, 2.05) is 0 Å². The third kappa shape index (κ3) is 3.27. The SMILES string of the molecule is O=C(CCc1ccc(F)cc1)N1CCS(=O)(=O)c2ccccc21. The van der Waals surface area contributed by atoms with Crippen molar-refractivity contribution in [3.63, 3.8) is 0 Å². The highest BCUT2D eigenvalue weighted by Crippen LogP contribution is 2.30. The van der Waals surface area contributed by atoms with Crippen LogP contribution in [0.5, 0.6) is 0 Å². The number of fused-ring (bicyclic) bond motifs is 1. The first-order valence-electron chi connectivity index (χ1n) is 7.34. The van der Waals surface area contributed by atoms with Crippen LogP contribution in [-0.4, -0.2) is 26.6 Å². The number of benzene rings is 2. The average molecular weight is 333 g/mol. The number of rotatable bonds is 3. The van der Waals surface area contributed by atoms with E-state index >= 15 is 0 Å². The molecule has 0 bridgehead atoms. The molecular formula is C17H16FNO3S. The van der Waals surface area contributed by atoms with Crippen molar-refractivity contribution < 1.29 is 17.6 Å². The molecule has 0 aliphatic carbocycles. The summed E-state index contributed by atoms with van der Waals surface area (Å²) in [7, 11) is -3.32. The van der Waals surface area contributed by atoms with Crippen LogP contribution in [-0.2, 0) is 21.1 Å². The van der Waals surface area contributed by atoms with Crippen molar-refractivity contribution in [1.29, 1.82) is 0 Å². The zero-order valence-corrected chi connectivity index (χ0v) is 13.2. The van der Waals surface area contributed by atoms with Crippen molar-refractivity contribution in [1.82, 2.24) is 0 Å². The van der Waals surface area contributed by atoms with Crippen molar-refractivity contribution in [2.75, 3.05) is 17.2 Å². The second-order valence-corrected chi connectivity index (χ2v) is 7.54. The molecule has 0 saturated carbocycles. The topological polar surface area (TPSA) is 54.5 Å². The first-order valence-corrected chi connectivity index (χ1v) is 8.99. The summed E-state index contributed by atoms with van der Waals surface area (Å²) in [6.07, 6.45) is 0.741. The van der Waals surface area contributed by atoms with Gasteiger partial charge in [-0.15, -0.1) is 0 Å². The number of hydrogen-bond donors (Lipinski definition) is 0. The normalized spacial score (nSPS) is 16.0. The van der Waals surface area contributed by atoms with E-state index in [-0.39, 0.29) is 35.3 Å². The fourth-order valence-corrected chi connectivity index (χ4v) is 4.11. The molecule has 0 radical (unpaired) electrons. The van der Waals surface area contributed by atoms with Crippen LogP contribution < -0.4 is 4.90 Å². The van der Waals surface area contributed by atoms with Crippen LogP contribution in [0.25, 0.3) is 0 Å². The van der Waals surface area contributed by atoms with Crippen molar-refractivity contribution in [2.24, 2.45) is 0 Å². The lowest BCUT2D eigenvalue weighted by Crippen LogP contribution is -2.39. The largest absolute Gasteiger partial charge is 0.310 e. The molecule has 1 aliphatic rings.